The summed E-state index contributed by atoms with van der Waals surface area (Å²) in [6, 6.07) is 14.5. The Balaban J connectivity index is 2.09. The fourth-order valence-electron chi connectivity index (χ4n) is 2.02. The second-order valence-electron chi connectivity index (χ2n) is 4.02. The van der Waals surface area contributed by atoms with Crippen LogP contribution in [-0.2, 0) is 6.42 Å². The highest BCUT2D eigenvalue weighted by Crippen LogP contribution is 2.22. The molecule has 0 fully saturated rings. The van der Waals surface area contributed by atoms with Crippen molar-refractivity contribution in [3.63, 3.8) is 0 Å². The highest BCUT2D eigenvalue weighted by molar-refractivity contribution is 5.20. The Morgan fingerprint density at radius 2 is 1.88 bits per heavy atom. The summed E-state index contributed by atoms with van der Waals surface area (Å²) < 4.78 is 0. The van der Waals surface area contributed by atoms with Gasteiger partial charge in [-0.05, 0) is 30.5 Å². The molecule has 2 rings (SSSR count). The molecule has 0 aliphatic carbocycles. The first-order chi connectivity index (χ1) is 7.90. The Bertz CT molecular complexity index is 394. The first-order valence-corrected chi connectivity index (χ1v) is 5.68. The van der Waals surface area contributed by atoms with Crippen molar-refractivity contribution in [1.29, 1.82) is 0 Å². The molecule has 1 atom stereocenters. The Hall–Kier alpha value is -1.54. The number of H-pyrrole nitrogens is 1. The van der Waals surface area contributed by atoms with Gasteiger partial charge in [0.25, 0.3) is 0 Å². The number of aliphatic hydroxyl groups is 1. The molecule has 0 spiro atoms. The van der Waals surface area contributed by atoms with Gasteiger partial charge in [0.1, 0.15) is 0 Å². The standard InChI is InChI=1S/C14H17NO/c16-10-8-13(14-7-4-9-15-14)11-12-5-2-1-3-6-12/h1-7,9,13,15-16H,8,10-11H2. The predicted molar refractivity (Wildman–Crippen MR) is 65.4 cm³/mol. The van der Waals surface area contributed by atoms with Crippen LogP contribution in [0, 0.1) is 0 Å². The molecule has 2 N–H and O–H groups in total. The maximum absolute atomic E-state index is 9.10. The van der Waals surface area contributed by atoms with Crippen molar-refractivity contribution in [2.75, 3.05) is 6.61 Å². The fourth-order valence-corrected chi connectivity index (χ4v) is 2.02. The summed E-state index contributed by atoms with van der Waals surface area (Å²) in [4.78, 5) is 3.23. The lowest BCUT2D eigenvalue weighted by Crippen LogP contribution is -2.05. The predicted octanol–water partition coefficient (Wildman–Crippen LogP) is 2.72. The summed E-state index contributed by atoms with van der Waals surface area (Å²) in [5.41, 5.74) is 2.52. The van der Waals surface area contributed by atoms with Crippen LogP contribution in [0.25, 0.3) is 0 Å². The molecule has 0 bridgehead atoms. The van der Waals surface area contributed by atoms with Crippen LogP contribution in [0.3, 0.4) is 0 Å². The summed E-state index contributed by atoms with van der Waals surface area (Å²) in [5.74, 6) is 0.377. The maximum Gasteiger partial charge on any atom is 0.0437 e. The molecular formula is C14H17NO. The first kappa shape index (κ1) is 11.0. The van der Waals surface area contributed by atoms with E-state index in [2.05, 4.69) is 35.3 Å². The molecule has 0 amide bonds. The zero-order chi connectivity index (χ0) is 11.2. The largest absolute Gasteiger partial charge is 0.396 e. The summed E-state index contributed by atoms with van der Waals surface area (Å²) in [6.07, 6.45) is 3.71. The highest BCUT2D eigenvalue weighted by atomic mass is 16.3. The lowest BCUT2D eigenvalue weighted by molar-refractivity contribution is 0.274. The van der Waals surface area contributed by atoms with Crippen LogP contribution in [0.15, 0.2) is 48.7 Å². The van der Waals surface area contributed by atoms with Crippen molar-refractivity contribution in [2.45, 2.75) is 18.8 Å². The van der Waals surface area contributed by atoms with E-state index in [0.717, 1.165) is 12.8 Å². The first-order valence-electron chi connectivity index (χ1n) is 5.68. The van der Waals surface area contributed by atoms with Gasteiger partial charge in [0, 0.05) is 24.4 Å². The fraction of sp³-hybridized carbons (Fsp3) is 0.286. The molecule has 2 heteroatoms. The second kappa shape index (κ2) is 5.52. The lowest BCUT2D eigenvalue weighted by atomic mass is 9.93. The van der Waals surface area contributed by atoms with Crippen molar-refractivity contribution in [1.82, 2.24) is 4.98 Å². The minimum atomic E-state index is 0.233. The zero-order valence-corrected chi connectivity index (χ0v) is 9.26. The Labute approximate surface area is 96.0 Å². The molecule has 1 unspecified atom stereocenters. The van der Waals surface area contributed by atoms with E-state index in [0.29, 0.717) is 5.92 Å². The number of hydrogen-bond donors (Lipinski definition) is 2. The van der Waals surface area contributed by atoms with E-state index in [-0.39, 0.29) is 6.61 Å². The third-order valence-electron chi connectivity index (χ3n) is 2.86. The van der Waals surface area contributed by atoms with Gasteiger partial charge < -0.3 is 10.1 Å². The smallest absolute Gasteiger partial charge is 0.0437 e. The molecule has 1 heterocycles. The van der Waals surface area contributed by atoms with E-state index in [9.17, 15) is 0 Å². The molecule has 84 valence electrons. The molecule has 2 aromatic rings. The van der Waals surface area contributed by atoms with Crippen LogP contribution in [0.4, 0.5) is 0 Å². The van der Waals surface area contributed by atoms with E-state index in [4.69, 9.17) is 5.11 Å². The maximum atomic E-state index is 9.10. The molecule has 1 aromatic heterocycles. The molecule has 0 saturated carbocycles. The van der Waals surface area contributed by atoms with Crippen LogP contribution >= 0.6 is 0 Å². The van der Waals surface area contributed by atoms with Crippen molar-refractivity contribution in [3.8, 4) is 0 Å². The van der Waals surface area contributed by atoms with Gasteiger partial charge in [0.15, 0.2) is 0 Å². The van der Waals surface area contributed by atoms with E-state index >= 15 is 0 Å². The Kier molecular flexibility index (Phi) is 3.78. The number of aromatic nitrogens is 1. The zero-order valence-electron chi connectivity index (χ0n) is 9.26. The molecule has 1 aromatic carbocycles. The second-order valence-corrected chi connectivity index (χ2v) is 4.02. The van der Waals surface area contributed by atoms with E-state index in [1.165, 1.54) is 11.3 Å². The van der Waals surface area contributed by atoms with Crippen LogP contribution in [0.1, 0.15) is 23.6 Å². The number of aromatic amines is 1. The minimum absolute atomic E-state index is 0.233. The van der Waals surface area contributed by atoms with Gasteiger partial charge >= 0.3 is 0 Å². The molecule has 0 saturated heterocycles. The average molecular weight is 215 g/mol. The van der Waals surface area contributed by atoms with Gasteiger partial charge in [0.2, 0.25) is 0 Å². The van der Waals surface area contributed by atoms with Crippen molar-refractivity contribution in [2.24, 2.45) is 0 Å². The number of hydrogen-bond acceptors (Lipinski definition) is 1. The van der Waals surface area contributed by atoms with Crippen molar-refractivity contribution < 1.29 is 5.11 Å². The topological polar surface area (TPSA) is 36.0 Å². The monoisotopic (exact) mass is 215 g/mol. The normalized spacial score (nSPS) is 12.6. The number of aliphatic hydroxyl groups excluding tert-OH is 1. The molecule has 16 heavy (non-hydrogen) atoms. The summed E-state index contributed by atoms with van der Waals surface area (Å²) in [6.45, 7) is 0.233. The number of benzene rings is 1. The number of nitrogens with one attached hydrogen (secondary N) is 1. The summed E-state index contributed by atoms with van der Waals surface area (Å²) in [7, 11) is 0. The van der Waals surface area contributed by atoms with Gasteiger partial charge in [-0.3, -0.25) is 0 Å². The molecule has 2 nitrogen and oxygen atoms in total. The summed E-state index contributed by atoms with van der Waals surface area (Å²) in [5, 5.41) is 9.10. The van der Waals surface area contributed by atoms with E-state index in [1.807, 2.05) is 18.3 Å². The van der Waals surface area contributed by atoms with Gasteiger partial charge in [-0.2, -0.15) is 0 Å². The van der Waals surface area contributed by atoms with Gasteiger partial charge in [-0.25, -0.2) is 0 Å². The Morgan fingerprint density at radius 1 is 1.06 bits per heavy atom. The SMILES string of the molecule is OCCC(Cc1ccccc1)c1ccc[nH]1. The third kappa shape index (κ3) is 2.74. The van der Waals surface area contributed by atoms with Crippen LogP contribution in [0.5, 0.6) is 0 Å². The highest BCUT2D eigenvalue weighted by Gasteiger charge is 2.12. The van der Waals surface area contributed by atoms with Crippen LogP contribution < -0.4 is 0 Å². The van der Waals surface area contributed by atoms with Gasteiger partial charge in [-0.15, -0.1) is 0 Å². The molecule has 0 aliphatic rings. The average Bonchev–Trinajstić information content (AvgIpc) is 2.83. The van der Waals surface area contributed by atoms with E-state index < -0.39 is 0 Å². The molecule has 0 aliphatic heterocycles. The minimum Gasteiger partial charge on any atom is -0.396 e. The number of rotatable bonds is 5. The van der Waals surface area contributed by atoms with E-state index in [1.54, 1.807) is 0 Å². The lowest BCUT2D eigenvalue weighted by Gasteiger charge is -2.14. The molecule has 0 radical (unpaired) electrons. The van der Waals surface area contributed by atoms with Gasteiger partial charge in [-0.1, -0.05) is 30.3 Å². The van der Waals surface area contributed by atoms with Gasteiger partial charge in [0.05, 0.1) is 0 Å². The van der Waals surface area contributed by atoms with Crippen molar-refractivity contribution >= 4 is 0 Å². The third-order valence-corrected chi connectivity index (χ3v) is 2.86. The molecular weight excluding hydrogens is 198 g/mol. The van der Waals surface area contributed by atoms with Crippen LogP contribution in [0.2, 0.25) is 0 Å². The summed E-state index contributed by atoms with van der Waals surface area (Å²) >= 11 is 0. The quantitative estimate of drug-likeness (QED) is 0.790. The van der Waals surface area contributed by atoms with Crippen LogP contribution in [-0.4, -0.2) is 16.7 Å². The van der Waals surface area contributed by atoms with Crippen molar-refractivity contribution in [3.05, 3.63) is 59.9 Å². The Morgan fingerprint density at radius 3 is 2.50 bits per heavy atom.